The molecule has 28 heavy (non-hydrogen) atoms. The zero-order valence-corrected chi connectivity index (χ0v) is 17.0. The van der Waals surface area contributed by atoms with E-state index in [-0.39, 0.29) is 11.3 Å². The Morgan fingerprint density at radius 3 is 2.21 bits per heavy atom. The van der Waals surface area contributed by atoms with Gasteiger partial charge in [-0.3, -0.25) is 4.79 Å². The van der Waals surface area contributed by atoms with E-state index < -0.39 is 6.10 Å². The van der Waals surface area contributed by atoms with Crippen molar-refractivity contribution >= 4 is 23.2 Å². The predicted molar refractivity (Wildman–Crippen MR) is 115 cm³/mol. The van der Waals surface area contributed by atoms with Crippen LogP contribution in [0, 0.1) is 0 Å². The van der Waals surface area contributed by atoms with Crippen LogP contribution < -0.4 is 10.1 Å². The Morgan fingerprint density at radius 1 is 0.929 bits per heavy atom. The van der Waals surface area contributed by atoms with E-state index in [2.05, 4.69) is 43.4 Å². The molecule has 0 fully saturated rings. The van der Waals surface area contributed by atoms with Crippen LogP contribution in [0.25, 0.3) is 0 Å². The van der Waals surface area contributed by atoms with Crippen LogP contribution in [0.3, 0.4) is 0 Å². The number of halogens is 1. The summed E-state index contributed by atoms with van der Waals surface area (Å²) < 4.78 is 5.81. The van der Waals surface area contributed by atoms with Gasteiger partial charge in [-0.15, -0.1) is 0 Å². The molecular weight excluding hydrogens is 370 g/mol. The first kappa shape index (κ1) is 20.0. The molecule has 0 aliphatic heterocycles. The van der Waals surface area contributed by atoms with Gasteiger partial charge in [-0.2, -0.15) is 0 Å². The zero-order chi connectivity index (χ0) is 20.1. The minimum atomic E-state index is -0.632. The maximum Gasteiger partial charge on any atom is 0.265 e. The largest absolute Gasteiger partial charge is 0.481 e. The molecule has 0 spiro atoms. The van der Waals surface area contributed by atoms with Crippen molar-refractivity contribution in [3.8, 4) is 5.75 Å². The summed E-state index contributed by atoms with van der Waals surface area (Å²) in [5.74, 6) is 0.428. The fourth-order valence-corrected chi connectivity index (χ4v) is 3.23. The van der Waals surface area contributed by atoms with Crippen molar-refractivity contribution in [2.24, 2.45) is 0 Å². The van der Waals surface area contributed by atoms with E-state index in [1.165, 1.54) is 11.1 Å². The number of hydrogen-bond acceptors (Lipinski definition) is 2. The molecule has 4 heteroatoms. The molecule has 0 saturated carbocycles. The van der Waals surface area contributed by atoms with Gasteiger partial charge in [0.1, 0.15) is 5.75 Å². The molecule has 3 aromatic rings. The second kappa shape index (κ2) is 8.49. The van der Waals surface area contributed by atoms with Crippen molar-refractivity contribution in [2.45, 2.75) is 32.3 Å². The number of rotatable bonds is 6. The highest BCUT2D eigenvalue weighted by molar-refractivity contribution is 6.30. The average molecular weight is 394 g/mol. The summed E-state index contributed by atoms with van der Waals surface area (Å²) in [6.07, 6.45) is -0.632. The van der Waals surface area contributed by atoms with Gasteiger partial charge in [-0.1, -0.05) is 74.0 Å². The van der Waals surface area contributed by atoms with Crippen LogP contribution in [-0.4, -0.2) is 12.0 Å². The molecular formula is C24H24ClNO2. The molecule has 0 aliphatic rings. The van der Waals surface area contributed by atoms with Gasteiger partial charge >= 0.3 is 0 Å². The molecule has 3 rings (SSSR count). The maximum absolute atomic E-state index is 12.4. The van der Waals surface area contributed by atoms with Gasteiger partial charge in [0.15, 0.2) is 6.10 Å². The van der Waals surface area contributed by atoms with Gasteiger partial charge < -0.3 is 10.1 Å². The van der Waals surface area contributed by atoms with Crippen LogP contribution in [0.5, 0.6) is 5.75 Å². The number of amides is 1. The van der Waals surface area contributed by atoms with Crippen molar-refractivity contribution in [3.63, 3.8) is 0 Å². The summed E-state index contributed by atoms with van der Waals surface area (Å²) in [6, 6.07) is 25.3. The smallest absolute Gasteiger partial charge is 0.265 e. The van der Waals surface area contributed by atoms with E-state index in [1.54, 1.807) is 31.2 Å². The lowest BCUT2D eigenvalue weighted by Crippen LogP contribution is -2.30. The molecule has 144 valence electrons. The molecule has 1 unspecified atom stereocenters. The molecule has 0 heterocycles. The fourth-order valence-electron chi connectivity index (χ4n) is 3.04. The topological polar surface area (TPSA) is 38.3 Å². The lowest BCUT2D eigenvalue weighted by atomic mass is 9.78. The predicted octanol–water partition coefficient (Wildman–Crippen LogP) is 6.07. The number of anilines is 1. The van der Waals surface area contributed by atoms with Crippen molar-refractivity contribution in [2.75, 3.05) is 5.32 Å². The first-order valence-electron chi connectivity index (χ1n) is 9.25. The molecule has 1 atom stereocenters. The van der Waals surface area contributed by atoms with Crippen LogP contribution in [0.4, 0.5) is 5.69 Å². The van der Waals surface area contributed by atoms with E-state index >= 15 is 0 Å². The van der Waals surface area contributed by atoms with Gasteiger partial charge in [-0.05, 0) is 48.4 Å². The average Bonchev–Trinajstić information content (AvgIpc) is 2.69. The van der Waals surface area contributed by atoms with E-state index in [4.69, 9.17) is 16.3 Å². The van der Waals surface area contributed by atoms with Crippen molar-refractivity contribution < 1.29 is 9.53 Å². The Hall–Kier alpha value is -2.78. The molecule has 0 bridgehead atoms. The van der Waals surface area contributed by atoms with Crippen LogP contribution in [0.15, 0.2) is 78.9 Å². The Kier molecular flexibility index (Phi) is 6.05. The highest BCUT2D eigenvalue weighted by Gasteiger charge is 2.23. The van der Waals surface area contributed by atoms with Gasteiger partial charge in [0.05, 0.1) is 0 Å². The Morgan fingerprint density at radius 2 is 1.57 bits per heavy atom. The summed E-state index contributed by atoms with van der Waals surface area (Å²) in [5.41, 5.74) is 2.96. The van der Waals surface area contributed by atoms with E-state index in [0.29, 0.717) is 16.5 Å². The number of hydrogen-bond donors (Lipinski definition) is 1. The van der Waals surface area contributed by atoms with E-state index in [0.717, 1.165) is 0 Å². The number of nitrogens with one attached hydrogen (secondary N) is 1. The van der Waals surface area contributed by atoms with Crippen LogP contribution in [-0.2, 0) is 10.2 Å². The van der Waals surface area contributed by atoms with E-state index in [1.807, 2.05) is 30.3 Å². The third-order valence-electron chi connectivity index (χ3n) is 4.85. The first-order chi connectivity index (χ1) is 13.4. The van der Waals surface area contributed by atoms with Crippen LogP contribution in [0.2, 0.25) is 5.02 Å². The zero-order valence-electron chi connectivity index (χ0n) is 16.3. The molecule has 0 radical (unpaired) electrons. The Labute approximate surface area is 171 Å². The summed E-state index contributed by atoms with van der Waals surface area (Å²) in [4.78, 5) is 12.4. The SMILES string of the molecule is CC(Oc1ccc(C(C)(C)c2ccccc2)cc1)C(=O)Nc1cccc(Cl)c1. The molecule has 3 aromatic carbocycles. The Balaban J connectivity index is 1.66. The number of carbonyl (C=O) groups excluding carboxylic acids is 1. The van der Waals surface area contributed by atoms with Gasteiger partial charge in [0.25, 0.3) is 5.91 Å². The quantitative estimate of drug-likeness (QED) is 0.551. The second-order valence-corrected chi connectivity index (χ2v) is 7.71. The third kappa shape index (κ3) is 4.73. The van der Waals surface area contributed by atoms with Crippen molar-refractivity contribution in [1.82, 2.24) is 0 Å². The Bertz CT molecular complexity index is 936. The summed E-state index contributed by atoms with van der Waals surface area (Å²) in [6.45, 7) is 6.11. The monoisotopic (exact) mass is 393 g/mol. The lowest BCUT2D eigenvalue weighted by Gasteiger charge is -2.26. The van der Waals surface area contributed by atoms with Gasteiger partial charge in [0, 0.05) is 16.1 Å². The molecule has 0 aromatic heterocycles. The highest BCUT2D eigenvalue weighted by Crippen LogP contribution is 2.32. The van der Waals surface area contributed by atoms with Crippen LogP contribution >= 0.6 is 11.6 Å². The summed E-state index contributed by atoms with van der Waals surface area (Å²) in [7, 11) is 0. The summed E-state index contributed by atoms with van der Waals surface area (Å²) in [5, 5.41) is 3.38. The van der Waals surface area contributed by atoms with Gasteiger partial charge in [0.2, 0.25) is 0 Å². The standard InChI is InChI=1S/C24H24ClNO2/c1-17(23(27)26-21-11-7-10-20(25)16-21)28-22-14-12-19(13-15-22)24(2,3)18-8-5-4-6-9-18/h4-17H,1-3H3,(H,26,27). The highest BCUT2D eigenvalue weighted by atomic mass is 35.5. The van der Waals surface area contributed by atoms with Crippen LogP contribution in [0.1, 0.15) is 31.9 Å². The normalized spacial score (nSPS) is 12.3. The minimum absolute atomic E-state index is 0.116. The van der Waals surface area contributed by atoms with Crippen molar-refractivity contribution in [3.05, 3.63) is 95.0 Å². The number of benzene rings is 3. The number of ether oxygens (including phenoxy) is 1. The summed E-state index contributed by atoms with van der Waals surface area (Å²) >= 11 is 5.95. The molecule has 1 N–H and O–H groups in total. The molecule has 0 saturated heterocycles. The molecule has 0 aliphatic carbocycles. The fraction of sp³-hybridized carbons (Fsp3) is 0.208. The minimum Gasteiger partial charge on any atom is -0.481 e. The molecule has 3 nitrogen and oxygen atoms in total. The first-order valence-corrected chi connectivity index (χ1v) is 9.63. The van der Waals surface area contributed by atoms with Crippen molar-refractivity contribution in [1.29, 1.82) is 0 Å². The van der Waals surface area contributed by atoms with Gasteiger partial charge in [-0.25, -0.2) is 0 Å². The molecule has 1 amide bonds. The van der Waals surface area contributed by atoms with E-state index in [9.17, 15) is 4.79 Å². The second-order valence-electron chi connectivity index (χ2n) is 7.28. The number of carbonyl (C=O) groups is 1. The third-order valence-corrected chi connectivity index (χ3v) is 5.08. The maximum atomic E-state index is 12.4. The lowest BCUT2D eigenvalue weighted by molar-refractivity contribution is -0.122.